The Balaban J connectivity index is 2.15. The second-order valence-electron chi connectivity index (χ2n) is 4.62. The molecule has 1 aromatic carbocycles. The van der Waals surface area contributed by atoms with Gasteiger partial charge in [-0.2, -0.15) is 0 Å². The van der Waals surface area contributed by atoms with Gasteiger partial charge in [0.25, 0.3) is 5.91 Å². The lowest BCUT2D eigenvalue weighted by molar-refractivity contribution is 0.0709. The SMILES string of the molecule is Cc1ncoc1C(=O)N(CCCN)Cc1ccccc1. The quantitative estimate of drug-likeness (QED) is 0.873. The van der Waals surface area contributed by atoms with E-state index in [0.717, 1.165) is 12.0 Å². The average molecular weight is 273 g/mol. The van der Waals surface area contributed by atoms with Crippen LogP contribution in [0.1, 0.15) is 28.2 Å². The van der Waals surface area contributed by atoms with Gasteiger partial charge < -0.3 is 15.1 Å². The summed E-state index contributed by atoms with van der Waals surface area (Å²) in [6, 6.07) is 9.86. The largest absolute Gasteiger partial charge is 0.438 e. The van der Waals surface area contributed by atoms with E-state index in [1.54, 1.807) is 11.8 Å². The Morgan fingerprint density at radius 2 is 2.10 bits per heavy atom. The Labute approximate surface area is 118 Å². The molecule has 106 valence electrons. The highest BCUT2D eigenvalue weighted by Gasteiger charge is 2.21. The Morgan fingerprint density at radius 3 is 2.70 bits per heavy atom. The summed E-state index contributed by atoms with van der Waals surface area (Å²) in [7, 11) is 0. The van der Waals surface area contributed by atoms with Crippen LogP contribution in [0.15, 0.2) is 41.1 Å². The predicted molar refractivity (Wildman–Crippen MR) is 76.1 cm³/mol. The number of carbonyl (C=O) groups excluding carboxylic acids is 1. The zero-order chi connectivity index (χ0) is 14.4. The molecule has 0 aliphatic rings. The molecule has 0 radical (unpaired) electrons. The van der Waals surface area contributed by atoms with Gasteiger partial charge in [-0.15, -0.1) is 0 Å². The highest BCUT2D eigenvalue weighted by atomic mass is 16.3. The van der Waals surface area contributed by atoms with Crippen LogP contribution < -0.4 is 5.73 Å². The van der Waals surface area contributed by atoms with Gasteiger partial charge in [0.1, 0.15) is 0 Å². The number of nitrogens with zero attached hydrogens (tertiary/aromatic N) is 2. The molecule has 0 saturated heterocycles. The van der Waals surface area contributed by atoms with Crippen molar-refractivity contribution in [3.63, 3.8) is 0 Å². The molecule has 0 fully saturated rings. The zero-order valence-corrected chi connectivity index (χ0v) is 11.6. The van der Waals surface area contributed by atoms with Crippen molar-refractivity contribution in [3.8, 4) is 0 Å². The van der Waals surface area contributed by atoms with E-state index in [1.807, 2.05) is 30.3 Å². The molecule has 20 heavy (non-hydrogen) atoms. The van der Waals surface area contributed by atoms with E-state index in [1.165, 1.54) is 6.39 Å². The van der Waals surface area contributed by atoms with Crippen molar-refractivity contribution in [1.82, 2.24) is 9.88 Å². The lowest BCUT2D eigenvalue weighted by atomic mass is 10.2. The average Bonchev–Trinajstić information content (AvgIpc) is 2.90. The monoisotopic (exact) mass is 273 g/mol. The summed E-state index contributed by atoms with van der Waals surface area (Å²) in [4.78, 5) is 18.2. The first-order valence-electron chi connectivity index (χ1n) is 6.65. The fourth-order valence-corrected chi connectivity index (χ4v) is 1.99. The van der Waals surface area contributed by atoms with Gasteiger partial charge in [-0.3, -0.25) is 4.79 Å². The highest BCUT2D eigenvalue weighted by molar-refractivity contribution is 5.92. The number of aromatic nitrogens is 1. The first-order chi connectivity index (χ1) is 9.72. The van der Waals surface area contributed by atoms with Crippen LogP contribution in [0.4, 0.5) is 0 Å². The number of hydrogen-bond acceptors (Lipinski definition) is 4. The molecule has 0 spiro atoms. The molecular weight excluding hydrogens is 254 g/mol. The fourth-order valence-electron chi connectivity index (χ4n) is 1.99. The third-order valence-corrected chi connectivity index (χ3v) is 3.08. The molecule has 2 aromatic rings. The second kappa shape index (κ2) is 6.86. The predicted octanol–water partition coefficient (Wildman–Crippen LogP) is 1.97. The molecule has 0 bridgehead atoms. The normalized spacial score (nSPS) is 10.5. The van der Waals surface area contributed by atoms with Crippen molar-refractivity contribution in [1.29, 1.82) is 0 Å². The number of hydrogen-bond donors (Lipinski definition) is 1. The smallest absolute Gasteiger partial charge is 0.291 e. The summed E-state index contributed by atoms with van der Waals surface area (Å²) in [5, 5.41) is 0. The minimum absolute atomic E-state index is 0.141. The molecule has 0 saturated carbocycles. The van der Waals surface area contributed by atoms with E-state index in [2.05, 4.69) is 4.98 Å². The van der Waals surface area contributed by atoms with E-state index in [9.17, 15) is 4.79 Å². The summed E-state index contributed by atoms with van der Waals surface area (Å²) in [6.07, 6.45) is 2.05. The lowest BCUT2D eigenvalue weighted by Crippen LogP contribution is -2.32. The van der Waals surface area contributed by atoms with Gasteiger partial charge in [0.15, 0.2) is 6.39 Å². The number of nitrogens with two attached hydrogens (primary N) is 1. The molecule has 1 aromatic heterocycles. The maximum absolute atomic E-state index is 12.5. The summed E-state index contributed by atoms with van der Waals surface area (Å²) in [5.74, 6) is 0.162. The molecule has 2 N–H and O–H groups in total. The summed E-state index contributed by atoms with van der Waals surface area (Å²) in [5.41, 5.74) is 7.24. The molecule has 2 rings (SSSR count). The third-order valence-electron chi connectivity index (χ3n) is 3.08. The number of aryl methyl sites for hydroxylation is 1. The van der Waals surface area contributed by atoms with Crippen molar-refractivity contribution in [2.45, 2.75) is 19.9 Å². The molecule has 0 aliphatic carbocycles. The Hall–Kier alpha value is -2.14. The first kappa shape index (κ1) is 14.3. The third kappa shape index (κ3) is 3.45. The van der Waals surface area contributed by atoms with E-state index in [-0.39, 0.29) is 5.91 Å². The van der Waals surface area contributed by atoms with E-state index >= 15 is 0 Å². The molecule has 0 aliphatic heterocycles. The van der Waals surface area contributed by atoms with Crippen LogP contribution in [-0.2, 0) is 6.54 Å². The van der Waals surface area contributed by atoms with Crippen LogP contribution in [-0.4, -0.2) is 28.9 Å². The number of amides is 1. The van der Waals surface area contributed by atoms with Gasteiger partial charge in [-0.1, -0.05) is 30.3 Å². The maximum Gasteiger partial charge on any atom is 0.291 e. The van der Waals surface area contributed by atoms with Crippen molar-refractivity contribution in [2.75, 3.05) is 13.1 Å². The molecule has 0 unspecified atom stereocenters. The molecule has 1 heterocycles. The van der Waals surface area contributed by atoms with Crippen LogP contribution in [0.3, 0.4) is 0 Å². The first-order valence-corrected chi connectivity index (χ1v) is 6.65. The van der Waals surface area contributed by atoms with Crippen LogP contribution in [0.5, 0.6) is 0 Å². The van der Waals surface area contributed by atoms with Gasteiger partial charge in [-0.25, -0.2) is 4.98 Å². The number of rotatable bonds is 6. The molecule has 0 atom stereocenters. The number of carbonyl (C=O) groups is 1. The van der Waals surface area contributed by atoms with Crippen LogP contribution in [0, 0.1) is 6.92 Å². The summed E-state index contributed by atoms with van der Waals surface area (Å²) < 4.78 is 5.19. The van der Waals surface area contributed by atoms with E-state index in [4.69, 9.17) is 10.2 Å². The van der Waals surface area contributed by atoms with Gasteiger partial charge >= 0.3 is 0 Å². The van der Waals surface area contributed by atoms with Crippen LogP contribution in [0.2, 0.25) is 0 Å². The minimum Gasteiger partial charge on any atom is -0.438 e. The van der Waals surface area contributed by atoms with Crippen LogP contribution in [0.25, 0.3) is 0 Å². The van der Waals surface area contributed by atoms with Crippen molar-refractivity contribution in [3.05, 3.63) is 53.7 Å². The minimum atomic E-state index is -0.141. The van der Waals surface area contributed by atoms with E-state index in [0.29, 0.717) is 31.1 Å². The zero-order valence-electron chi connectivity index (χ0n) is 11.6. The Bertz CT molecular complexity index is 551. The topological polar surface area (TPSA) is 72.4 Å². The van der Waals surface area contributed by atoms with Gasteiger partial charge in [0, 0.05) is 13.1 Å². The number of oxazole rings is 1. The van der Waals surface area contributed by atoms with Crippen molar-refractivity contribution < 1.29 is 9.21 Å². The Kier molecular flexibility index (Phi) is 4.90. The van der Waals surface area contributed by atoms with Crippen molar-refractivity contribution >= 4 is 5.91 Å². The highest BCUT2D eigenvalue weighted by Crippen LogP contribution is 2.13. The molecule has 5 heteroatoms. The van der Waals surface area contributed by atoms with Crippen molar-refractivity contribution in [2.24, 2.45) is 5.73 Å². The molecular formula is C15H19N3O2. The molecule has 5 nitrogen and oxygen atoms in total. The van der Waals surface area contributed by atoms with Gasteiger partial charge in [-0.05, 0) is 25.5 Å². The van der Waals surface area contributed by atoms with E-state index < -0.39 is 0 Å². The number of benzene rings is 1. The Morgan fingerprint density at radius 1 is 1.35 bits per heavy atom. The molecule has 1 amide bonds. The summed E-state index contributed by atoms with van der Waals surface area (Å²) in [6.45, 7) is 3.46. The lowest BCUT2D eigenvalue weighted by Gasteiger charge is -2.21. The van der Waals surface area contributed by atoms with Crippen LogP contribution >= 0.6 is 0 Å². The second-order valence-corrected chi connectivity index (χ2v) is 4.62. The summed E-state index contributed by atoms with van der Waals surface area (Å²) >= 11 is 0. The van der Waals surface area contributed by atoms with Gasteiger partial charge in [0.05, 0.1) is 5.69 Å². The fraction of sp³-hybridized carbons (Fsp3) is 0.333. The maximum atomic E-state index is 12.5. The van der Waals surface area contributed by atoms with Gasteiger partial charge in [0.2, 0.25) is 5.76 Å². The standard InChI is InChI=1S/C15H19N3O2/c1-12-14(20-11-17-12)15(19)18(9-5-8-16)10-13-6-3-2-4-7-13/h2-4,6-7,11H,5,8-10,16H2,1H3.